The molecule has 1 rings (SSSR count). The number of carbonyl (C=O) groups excluding carboxylic acids is 5. The minimum absolute atomic E-state index is 0.0121. The van der Waals surface area contributed by atoms with Gasteiger partial charge in [-0.1, -0.05) is 0 Å². The average Bonchev–Trinajstić information content (AvgIpc) is 3.15. The van der Waals surface area contributed by atoms with E-state index in [0.717, 1.165) is 0 Å². The lowest BCUT2D eigenvalue weighted by Crippen LogP contribution is -2.65. The molecule has 21 nitrogen and oxygen atoms in total. The average molecular weight is 937 g/mol. The first-order chi connectivity index (χ1) is 29.7. The third-order valence-electron chi connectivity index (χ3n) is 11.0. The maximum Gasteiger partial charge on any atom is 0.222 e. The van der Waals surface area contributed by atoms with Crippen molar-refractivity contribution in [3.8, 4) is 0 Å². The molecule has 1 saturated heterocycles. The molecular formula is C44H84N6O15. The number of hydrogen-bond donors (Lipinski definition) is 11. The third-order valence-corrected chi connectivity index (χ3v) is 11.0. The molecule has 1 fully saturated rings. The minimum atomic E-state index is -1.49. The number of likely N-dealkylation sites (N-methyl/N-ethyl adjacent to an activating group) is 1. The second kappa shape index (κ2) is 25.9. The van der Waals surface area contributed by atoms with Gasteiger partial charge in [0.05, 0.1) is 37.1 Å². The van der Waals surface area contributed by atoms with Gasteiger partial charge in [0.15, 0.2) is 12.6 Å². The van der Waals surface area contributed by atoms with Gasteiger partial charge in [0.2, 0.25) is 29.5 Å². The maximum absolute atomic E-state index is 13.8. The van der Waals surface area contributed by atoms with E-state index in [0.29, 0.717) is 6.42 Å². The van der Waals surface area contributed by atoms with E-state index in [4.69, 9.17) is 18.9 Å². The van der Waals surface area contributed by atoms with Crippen LogP contribution in [-0.4, -0.2) is 189 Å². The number of carbonyl (C=O) groups is 5. The Kier molecular flexibility index (Phi) is 23.9. The Hall–Kier alpha value is -3.09. The van der Waals surface area contributed by atoms with Gasteiger partial charge in [-0.3, -0.25) is 24.0 Å². The van der Waals surface area contributed by atoms with Crippen LogP contribution in [0.3, 0.4) is 0 Å². The van der Waals surface area contributed by atoms with Crippen molar-refractivity contribution in [3.05, 3.63) is 0 Å². The van der Waals surface area contributed by atoms with Crippen molar-refractivity contribution >= 4 is 29.5 Å². The number of nitrogens with zero attached hydrogens (tertiary/aromatic N) is 1. The number of nitrogens with one attached hydrogen (secondary N) is 5. The fourth-order valence-corrected chi connectivity index (χ4v) is 8.11. The molecule has 0 bridgehead atoms. The summed E-state index contributed by atoms with van der Waals surface area (Å²) < 4.78 is 24.0. The van der Waals surface area contributed by atoms with E-state index in [-0.39, 0.29) is 62.8 Å². The van der Waals surface area contributed by atoms with Crippen molar-refractivity contribution < 1.29 is 73.6 Å². The molecule has 1 heterocycles. The van der Waals surface area contributed by atoms with Crippen molar-refractivity contribution in [2.24, 2.45) is 0 Å². The summed E-state index contributed by atoms with van der Waals surface area (Å²) in [6, 6.07) is -2.22. The highest BCUT2D eigenvalue weighted by atomic mass is 16.7. The highest BCUT2D eigenvalue weighted by Gasteiger charge is 2.48. The molecule has 0 radical (unpaired) electrons. The van der Waals surface area contributed by atoms with Crippen molar-refractivity contribution in [3.63, 3.8) is 0 Å². The SMILES string of the molecule is CNC(CCC(=O)NC(C)(C)C)(CCC(=O)NC(C)(C)CC(C)(C)OC1OC(CO)C(O)C(O)C1NC(C)=O)CCC(=O)N(C)CC(C)(C)OC(OC(CO)[C@@H](C)O)[C@H](CO)NC(C)=O. The Labute approximate surface area is 385 Å². The number of aliphatic hydroxyl groups is 6. The summed E-state index contributed by atoms with van der Waals surface area (Å²) in [4.78, 5) is 65.9. The van der Waals surface area contributed by atoms with Crippen molar-refractivity contribution in [1.29, 1.82) is 0 Å². The van der Waals surface area contributed by atoms with Gasteiger partial charge in [0.25, 0.3) is 0 Å². The topological polar surface area (TPSA) is 307 Å². The molecule has 65 heavy (non-hydrogen) atoms. The lowest BCUT2D eigenvalue weighted by molar-refractivity contribution is -0.297. The van der Waals surface area contributed by atoms with Crippen LogP contribution in [0.2, 0.25) is 0 Å². The fourth-order valence-electron chi connectivity index (χ4n) is 8.11. The number of hydrogen-bond acceptors (Lipinski definition) is 16. The molecule has 0 aromatic heterocycles. The van der Waals surface area contributed by atoms with Crippen LogP contribution in [0.15, 0.2) is 0 Å². The zero-order chi connectivity index (χ0) is 50.3. The van der Waals surface area contributed by atoms with Crippen LogP contribution in [0.1, 0.15) is 128 Å². The Morgan fingerprint density at radius 1 is 0.785 bits per heavy atom. The monoisotopic (exact) mass is 937 g/mol. The fraction of sp³-hybridized carbons (Fsp3) is 0.886. The van der Waals surface area contributed by atoms with Crippen LogP contribution >= 0.6 is 0 Å². The van der Waals surface area contributed by atoms with E-state index >= 15 is 0 Å². The highest BCUT2D eigenvalue weighted by molar-refractivity contribution is 5.78. The summed E-state index contributed by atoms with van der Waals surface area (Å²) in [6.07, 6.45) is -7.80. The van der Waals surface area contributed by atoms with Crippen LogP contribution in [0, 0.1) is 0 Å². The van der Waals surface area contributed by atoms with Crippen molar-refractivity contribution in [1.82, 2.24) is 31.5 Å². The van der Waals surface area contributed by atoms with Crippen molar-refractivity contribution in [2.75, 3.05) is 40.5 Å². The first-order valence-corrected chi connectivity index (χ1v) is 22.4. The molecular weight excluding hydrogens is 853 g/mol. The first-order valence-electron chi connectivity index (χ1n) is 22.4. The summed E-state index contributed by atoms with van der Waals surface area (Å²) >= 11 is 0. The quantitative estimate of drug-likeness (QED) is 0.0422. The van der Waals surface area contributed by atoms with Gasteiger partial charge in [-0.2, -0.15) is 0 Å². The number of amides is 5. The van der Waals surface area contributed by atoms with Gasteiger partial charge in [-0.05, 0) is 102 Å². The van der Waals surface area contributed by atoms with E-state index < -0.39 is 115 Å². The molecule has 0 spiro atoms. The van der Waals surface area contributed by atoms with E-state index in [1.165, 1.54) is 25.7 Å². The van der Waals surface area contributed by atoms with Gasteiger partial charge in [0.1, 0.15) is 36.5 Å². The van der Waals surface area contributed by atoms with Gasteiger partial charge < -0.3 is 81.1 Å². The summed E-state index contributed by atoms with van der Waals surface area (Å²) in [5, 5.41) is 75.3. The Morgan fingerprint density at radius 3 is 1.80 bits per heavy atom. The zero-order valence-electron chi connectivity index (χ0n) is 41.3. The molecule has 0 aromatic rings. The lowest BCUT2D eigenvalue weighted by Gasteiger charge is -2.46. The second-order valence-corrected chi connectivity index (χ2v) is 20.3. The van der Waals surface area contributed by atoms with Crippen LogP contribution in [0.4, 0.5) is 0 Å². The van der Waals surface area contributed by atoms with Gasteiger partial charge in [-0.25, -0.2) is 0 Å². The largest absolute Gasteiger partial charge is 0.394 e. The highest BCUT2D eigenvalue weighted by Crippen LogP contribution is 2.32. The van der Waals surface area contributed by atoms with Gasteiger partial charge >= 0.3 is 0 Å². The van der Waals surface area contributed by atoms with Crippen LogP contribution in [0.5, 0.6) is 0 Å². The van der Waals surface area contributed by atoms with E-state index in [9.17, 15) is 54.6 Å². The van der Waals surface area contributed by atoms with Crippen molar-refractivity contribution in [2.45, 2.75) is 211 Å². The second-order valence-electron chi connectivity index (χ2n) is 20.3. The molecule has 380 valence electrons. The lowest BCUT2D eigenvalue weighted by atomic mass is 9.83. The van der Waals surface area contributed by atoms with Gasteiger partial charge in [-0.15, -0.1) is 0 Å². The number of aliphatic hydroxyl groups excluding tert-OH is 6. The molecule has 10 atom stereocenters. The maximum atomic E-state index is 13.8. The molecule has 1 aliphatic rings. The third kappa shape index (κ3) is 21.6. The summed E-state index contributed by atoms with van der Waals surface area (Å²) in [6.45, 7) is 18.2. The first kappa shape index (κ1) is 59.9. The summed E-state index contributed by atoms with van der Waals surface area (Å²) in [5.74, 6) is -1.76. The molecule has 5 amide bonds. The zero-order valence-corrected chi connectivity index (χ0v) is 41.3. The van der Waals surface area contributed by atoms with Crippen LogP contribution in [0.25, 0.3) is 0 Å². The molecule has 0 aromatic carbocycles. The molecule has 11 N–H and O–H groups in total. The molecule has 8 unspecified atom stereocenters. The predicted molar refractivity (Wildman–Crippen MR) is 240 cm³/mol. The molecule has 1 aliphatic heterocycles. The standard InChI is InChI=1S/C44H84N6O15/c1-26(54)30(22-52)62-38(29(21-51)46-27(2)55)64-43(11,12)25-50(14)34(59)17-20-44(45-13,18-15-32(57)48-40(4,5)6)19-16-33(58)49-41(7,8)24-42(9,10)65-39-35(47-28(3)56)37(61)36(60)31(23-53)63-39/h26,29-31,35-39,45,51-54,60-61H,15-25H2,1-14H3,(H,46,55)(H,47,56)(H,48,57)(H,49,58)/t26-,29+,30?,31?,35?,36?,37?,38?,39?,44?/m1/s1. The summed E-state index contributed by atoms with van der Waals surface area (Å²) in [5.41, 5.74) is -4.39. The van der Waals surface area contributed by atoms with Gasteiger partial charge in [0, 0.05) is 63.3 Å². The minimum Gasteiger partial charge on any atom is -0.394 e. The molecule has 0 aliphatic carbocycles. The number of ether oxygens (including phenoxy) is 4. The summed E-state index contributed by atoms with van der Waals surface area (Å²) in [7, 11) is 3.30. The van der Waals surface area contributed by atoms with E-state index in [1.807, 2.05) is 20.8 Å². The smallest absolute Gasteiger partial charge is 0.222 e. The Bertz CT molecular complexity index is 1530. The van der Waals surface area contributed by atoms with Crippen LogP contribution < -0.4 is 26.6 Å². The Balaban J connectivity index is 3.21. The predicted octanol–water partition coefficient (Wildman–Crippen LogP) is -0.941. The number of rotatable bonds is 28. The van der Waals surface area contributed by atoms with E-state index in [2.05, 4.69) is 26.6 Å². The normalized spacial score (nSPS) is 22.4. The molecule has 21 heteroatoms. The Morgan fingerprint density at radius 2 is 1.34 bits per heavy atom. The molecule has 0 saturated carbocycles. The van der Waals surface area contributed by atoms with Crippen LogP contribution in [-0.2, 0) is 42.9 Å². The van der Waals surface area contributed by atoms with E-state index in [1.54, 1.807) is 55.6 Å².